The van der Waals surface area contributed by atoms with E-state index in [2.05, 4.69) is 20.8 Å². The molecule has 0 saturated heterocycles. The number of nitrogens with zero attached hydrogens (tertiary/aromatic N) is 2. The van der Waals surface area contributed by atoms with Gasteiger partial charge in [-0.05, 0) is 30.4 Å². The lowest BCUT2D eigenvalue weighted by Gasteiger charge is -2.24. The summed E-state index contributed by atoms with van der Waals surface area (Å²) in [5.74, 6) is 0.530. The van der Waals surface area contributed by atoms with Crippen LogP contribution in [0.2, 0.25) is 0 Å². The Kier molecular flexibility index (Phi) is 5.02. The number of carbonyl (C=O) groups excluding carboxylic acids is 2. The predicted octanol–water partition coefficient (Wildman–Crippen LogP) is 2.54. The molecular weight excluding hydrogens is 318 g/mol. The molecule has 1 atom stereocenters. The van der Waals surface area contributed by atoms with Crippen LogP contribution in [0.3, 0.4) is 0 Å². The number of nitrogens with one attached hydrogen (secondary N) is 3. The second-order valence-electron chi connectivity index (χ2n) is 6.62. The predicted molar refractivity (Wildman–Crippen MR) is 96.5 cm³/mol. The second kappa shape index (κ2) is 7.38. The Hall–Kier alpha value is -2.83. The number of aromatic nitrogens is 2. The molecule has 0 fully saturated rings. The Morgan fingerprint density at radius 1 is 1.28 bits per heavy atom. The minimum Gasteiger partial charge on any atom is -0.326 e. The van der Waals surface area contributed by atoms with Crippen LogP contribution in [0, 0.1) is 5.92 Å². The molecule has 0 saturated carbocycles. The highest BCUT2D eigenvalue weighted by Crippen LogP contribution is 2.27. The number of hydrogen-bond acceptors (Lipinski definition) is 3. The summed E-state index contributed by atoms with van der Waals surface area (Å²) < 4.78 is 0. The number of hydrogen-bond donors (Lipinski definition) is 3. The molecule has 7 heteroatoms. The van der Waals surface area contributed by atoms with Gasteiger partial charge in [0.25, 0.3) is 0 Å². The first-order valence-electron chi connectivity index (χ1n) is 8.50. The molecule has 1 aromatic heterocycles. The Labute approximate surface area is 146 Å². The van der Waals surface area contributed by atoms with Crippen molar-refractivity contribution in [1.82, 2.24) is 15.5 Å². The number of para-hydroxylation sites is 1. The van der Waals surface area contributed by atoms with E-state index in [0.29, 0.717) is 18.8 Å². The van der Waals surface area contributed by atoms with Gasteiger partial charge in [-0.15, -0.1) is 0 Å². The molecule has 0 aliphatic carbocycles. The van der Waals surface area contributed by atoms with E-state index in [4.69, 9.17) is 0 Å². The number of benzene rings is 1. The Bertz CT molecular complexity index is 742. The summed E-state index contributed by atoms with van der Waals surface area (Å²) in [6.07, 6.45) is 2.95. The standard InChI is InChI=1S/C18H23N5O2/c1-12(2)11-14(17(24)21-16-7-9-19-22-16)20-18(25)23-10-8-13-5-3-4-6-15(13)23/h3-7,9,12,14H,8,10-11H2,1-2H3,(H,20,25)(H2,19,21,22,24). The highest BCUT2D eigenvalue weighted by Gasteiger charge is 2.28. The van der Waals surface area contributed by atoms with Crippen LogP contribution in [0.15, 0.2) is 36.5 Å². The van der Waals surface area contributed by atoms with E-state index in [1.807, 2.05) is 38.1 Å². The maximum Gasteiger partial charge on any atom is 0.322 e. The van der Waals surface area contributed by atoms with Crippen molar-refractivity contribution in [2.45, 2.75) is 32.7 Å². The Morgan fingerprint density at radius 3 is 2.80 bits per heavy atom. The van der Waals surface area contributed by atoms with Gasteiger partial charge in [-0.3, -0.25) is 14.8 Å². The number of aromatic amines is 1. The number of fused-ring (bicyclic) bond motifs is 1. The molecular formula is C18H23N5O2. The monoisotopic (exact) mass is 341 g/mol. The summed E-state index contributed by atoms with van der Waals surface area (Å²) in [7, 11) is 0. The quantitative estimate of drug-likeness (QED) is 0.780. The zero-order valence-electron chi connectivity index (χ0n) is 14.5. The first kappa shape index (κ1) is 17.0. The number of carbonyl (C=O) groups is 2. The summed E-state index contributed by atoms with van der Waals surface area (Å²) in [6, 6.07) is 8.67. The van der Waals surface area contributed by atoms with E-state index in [9.17, 15) is 9.59 Å². The summed E-state index contributed by atoms with van der Waals surface area (Å²) >= 11 is 0. The Balaban J connectivity index is 1.69. The highest BCUT2D eigenvalue weighted by molar-refractivity contribution is 6.00. The maximum absolute atomic E-state index is 12.7. The van der Waals surface area contributed by atoms with Crippen LogP contribution in [0.5, 0.6) is 0 Å². The average molecular weight is 341 g/mol. The van der Waals surface area contributed by atoms with E-state index in [1.54, 1.807) is 17.2 Å². The van der Waals surface area contributed by atoms with Gasteiger partial charge in [0.1, 0.15) is 11.9 Å². The minimum absolute atomic E-state index is 0.240. The molecule has 0 radical (unpaired) electrons. The normalized spacial score (nSPS) is 14.3. The van der Waals surface area contributed by atoms with Gasteiger partial charge >= 0.3 is 6.03 Å². The molecule has 1 aromatic carbocycles. The number of anilines is 2. The molecule has 7 nitrogen and oxygen atoms in total. The molecule has 3 amide bonds. The Morgan fingerprint density at radius 2 is 2.08 bits per heavy atom. The van der Waals surface area contributed by atoms with Crippen molar-refractivity contribution in [2.75, 3.05) is 16.8 Å². The van der Waals surface area contributed by atoms with Gasteiger partial charge in [0.2, 0.25) is 5.91 Å². The van der Waals surface area contributed by atoms with E-state index in [1.165, 1.54) is 0 Å². The number of H-pyrrole nitrogens is 1. The van der Waals surface area contributed by atoms with Crippen molar-refractivity contribution in [3.05, 3.63) is 42.1 Å². The fourth-order valence-corrected chi connectivity index (χ4v) is 3.02. The molecule has 1 aliphatic rings. The highest BCUT2D eigenvalue weighted by atomic mass is 16.2. The van der Waals surface area contributed by atoms with Crippen molar-refractivity contribution >= 4 is 23.4 Å². The van der Waals surface area contributed by atoms with Gasteiger partial charge in [-0.1, -0.05) is 32.0 Å². The molecule has 0 spiro atoms. The fourth-order valence-electron chi connectivity index (χ4n) is 3.02. The van der Waals surface area contributed by atoms with Crippen LogP contribution in [0.4, 0.5) is 16.3 Å². The lowest BCUT2D eigenvalue weighted by Crippen LogP contribution is -2.49. The first-order valence-corrected chi connectivity index (χ1v) is 8.50. The third-order valence-corrected chi connectivity index (χ3v) is 4.21. The largest absolute Gasteiger partial charge is 0.326 e. The van der Waals surface area contributed by atoms with Gasteiger partial charge in [-0.25, -0.2) is 4.79 Å². The molecule has 25 heavy (non-hydrogen) atoms. The molecule has 3 rings (SSSR count). The molecule has 1 aliphatic heterocycles. The topological polar surface area (TPSA) is 90.1 Å². The van der Waals surface area contributed by atoms with E-state index >= 15 is 0 Å². The van der Waals surface area contributed by atoms with E-state index in [0.717, 1.165) is 17.7 Å². The smallest absolute Gasteiger partial charge is 0.322 e. The first-order chi connectivity index (χ1) is 12.0. The molecule has 1 unspecified atom stereocenters. The van der Waals surface area contributed by atoms with Crippen molar-refractivity contribution in [2.24, 2.45) is 5.92 Å². The lowest BCUT2D eigenvalue weighted by atomic mass is 10.0. The van der Waals surface area contributed by atoms with Crippen LogP contribution >= 0.6 is 0 Å². The lowest BCUT2D eigenvalue weighted by molar-refractivity contribution is -0.118. The minimum atomic E-state index is -0.608. The number of amides is 3. The van der Waals surface area contributed by atoms with Gasteiger partial charge in [-0.2, -0.15) is 5.10 Å². The second-order valence-corrected chi connectivity index (χ2v) is 6.62. The van der Waals surface area contributed by atoms with Gasteiger partial charge < -0.3 is 10.6 Å². The van der Waals surface area contributed by atoms with Crippen molar-refractivity contribution in [1.29, 1.82) is 0 Å². The van der Waals surface area contributed by atoms with Crippen LogP contribution in [0.1, 0.15) is 25.8 Å². The summed E-state index contributed by atoms with van der Waals surface area (Å²) in [6.45, 7) is 4.67. The summed E-state index contributed by atoms with van der Waals surface area (Å²) in [4.78, 5) is 27.0. The SMILES string of the molecule is CC(C)CC(NC(=O)N1CCc2ccccc21)C(=O)Nc1ccn[nH]1. The van der Waals surface area contributed by atoms with Crippen LogP contribution in [0.25, 0.3) is 0 Å². The third-order valence-electron chi connectivity index (χ3n) is 4.21. The summed E-state index contributed by atoms with van der Waals surface area (Å²) in [5, 5.41) is 12.1. The van der Waals surface area contributed by atoms with E-state index in [-0.39, 0.29) is 17.9 Å². The summed E-state index contributed by atoms with van der Waals surface area (Å²) in [5.41, 5.74) is 2.07. The molecule has 0 bridgehead atoms. The average Bonchev–Trinajstić information content (AvgIpc) is 3.22. The van der Waals surface area contributed by atoms with E-state index < -0.39 is 6.04 Å². The molecule has 2 aromatic rings. The number of urea groups is 1. The van der Waals surface area contributed by atoms with Crippen molar-refractivity contribution in [3.8, 4) is 0 Å². The number of rotatable bonds is 5. The van der Waals surface area contributed by atoms with Crippen molar-refractivity contribution in [3.63, 3.8) is 0 Å². The van der Waals surface area contributed by atoms with Gasteiger partial charge in [0.05, 0.1) is 6.20 Å². The van der Waals surface area contributed by atoms with Crippen LogP contribution in [-0.4, -0.2) is 34.7 Å². The van der Waals surface area contributed by atoms with Gasteiger partial charge in [0.15, 0.2) is 0 Å². The zero-order chi connectivity index (χ0) is 17.8. The van der Waals surface area contributed by atoms with Crippen LogP contribution in [-0.2, 0) is 11.2 Å². The molecule has 3 N–H and O–H groups in total. The molecule has 2 heterocycles. The molecule has 132 valence electrons. The fraction of sp³-hybridized carbons (Fsp3) is 0.389. The van der Waals surface area contributed by atoms with Crippen molar-refractivity contribution < 1.29 is 9.59 Å². The maximum atomic E-state index is 12.7. The van der Waals surface area contributed by atoms with Crippen LogP contribution < -0.4 is 15.5 Å². The van der Waals surface area contributed by atoms with Gasteiger partial charge in [0, 0.05) is 18.3 Å². The zero-order valence-corrected chi connectivity index (χ0v) is 14.5. The third kappa shape index (κ3) is 3.99.